The van der Waals surface area contributed by atoms with E-state index in [0.29, 0.717) is 41.6 Å². The molecule has 0 fully saturated rings. The average Bonchev–Trinajstić information content (AvgIpc) is 2.42. The Balaban J connectivity index is 2.73. The normalized spacial score (nSPS) is 16.9. The molecule has 21 heavy (non-hydrogen) atoms. The first-order valence-corrected chi connectivity index (χ1v) is 7.09. The first-order chi connectivity index (χ1) is 9.75. The molecule has 0 radical (unpaired) electrons. The zero-order valence-electron chi connectivity index (χ0n) is 13.1. The van der Waals surface area contributed by atoms with Gasteiger partial charge in [0.1, 0.15) is 0 Å². The number of hydrogen-bond acceptors (Lipinski definition) is 3. The lowest BCUT2D eigenvalue weighted by Gasteiger charge is -2.18. The molecular formula is C17H22O4. The Morgan fingerprint density at radius 3 is 2.14 bits per heavy atom. The standard InChI is InChI=1S/C17H22O4/c1-10(6-5-7-15(18)19)8-9-14-13(4)16(20)11(2)12(3)17(14)21/h6H,5,7-9H2,1-4H3,(H,18,19)/b10-6-. The van der Waals surface area contributed by atoms with E-state index in [1.165, 1.54) is 0 Å². The van der Waals surface area contributed by atoms with Crippen LogP contribution in [0.1, 0.15) is 53.4 Å². The highest BCUT2D eigenvalue weighted by Gasteiger charge is 2.27. The highest BCUT2D eigenvalue weighted by molar-refractivity contribution is 6.24. The van der Waals surface area contributed by atoms with Crippen LogP contribution in [-0.4, -0.2) is 22.6 Å². The van der Waals surface area contributed by atoms with Crippen molar-refractivity contribution in [3.63, 3.8) is 0 Å². The van der Waals surface area contributed by atoms with Crippen LogP contribution in [0.3, 0.4) is 0 Å². The van der Waals surface area contributed by atoms with Crippen molar-refractivity contribution in [1.29, 1.82) is 0 Å². The number of carbonyl (C=O) groups excluding carboxylic acids is 2. The Morgan fingerprint density at radius 2 is 1.57 bits per heavy atom. The van der Waals surface area contributed by atoms with E-state index in [-0.39, 0.29) is 18.0 Å². The van der Waals surface area contributed by atoms with Crippen molar-refractivity contribution in [2.45, 2.75) is 53.4 Å². The zero-order valence-corrected chi connectivity index (χ0v) is 13.1. The smallest absolute Gasteiger partial charge is 0.303 e. The fraction of sp³-hybridized carbons (Fsp3) is 0.471. The second kappa shape index (κ2) is 7.16. The summed E-state index contributed by atoms with van der Waals surface area (Å²) in [5.74, 6) is -0.903. The number of carboxylic acid groups (broad SMARTS) is 1. The van der Waals surface area contributed by atoms with Gasteiger partial charge in [-0.05, 0) is 47.0 Å². The van der Waals surface area contributed by atoms with Crippen molar-refractivity contribution in [2.24, 2.45) is 0 Å². The number of ketones is 2. The molecule has 4 nitrogen and oxygen atoms in total. The van der Waals surface area contributed by atoms with E-state index in [9.17, 15) is 14.4 Å². The van der Waals surface area contributed by atoms with Gasteiger partial charge in [-0.15, -0.1) is 0 Å². The van der Waals surface area contributed by atoms with E-state index in [1.807, 2.05) is 13.0 Å². The van der Waals surface area contributed by atoms with Gasteiger partial charge >= 0.3 is 5.97 Å². The fourth-order valence-corrected chi connectivity index (χ4v) is 2.32. The minimum atomic E-state index is -0.818. The van der Waals surface area contributed by atoms with Crippen LogP contribution in [0.25, 0.3) is 0 Å². The van der Waals surface area contributed by atoms with Crippen molar-refractivity contribution in [2.75, 3.05) is 0 Å². The van der Waals surface area contributed by atoms with Crippen LogP contribution in [-0.2, 0) is 14.4 Å². The summed E-state index contributed by atoms with van der Waals surface area (Å²) in [6, 6.07) is 0. The summed E-state index contributed by atoms with van der Waals surface area (Å²) < 4.78 is 0. The molecule has 0 heterocycles. The average molecular weight is 290 g/mol. The first kappa shape index (κ1) is 17.1. The van der Waals surface area contributed by atoms with Crippen molar-refractivity contribution in [3.8, 4) is 0 Å². The van der Waals surface area contributed by atoms with Gasteiger partial charge < -0.3 is 5.11 Å². The lowest BCUT2D eigenvalue weighted by Crippen LogP contribution is -2.20. The molecule has 0 spiro atoms. The maximum absolute atomic E-state index is 12.2. The van der Waals surface area contributed by atoms with Gasteiger partial charge in [0, 0.05) is 28.7 Å². The molecule has 4 heteroatoms. The van der Waals surface area contributed by atoms with Crippen LogP contribution in [0.15, 0.2) is 33.9 Å². The summed E-state index contributed by atoms with van der Waals surface area (Å²) in [6.07, 6.45) is 3.67. The molecule has 0 aliphatic heterocycles. The largest absolute Gasteiger partial charge is 0.481 e. The summed E-state index contributed by atoms with van der Waals surface area (Å²) in [5, 5.41) is 8.59. The molecule has 0 aromatic rings. The van der Waals surface area contributed by atoms with Gasteiger partial charge in [0.15, 0.2) is 11.6 Å². The van der Waals surface area contributed by atoms with E-state index in [0.717, 1.165) is 5.57 Å². The van der Waals surface area contributed by atoms with Gasteiger partial charge in [-0.3, -0.25) is 14.4 Å². The highest BCUT2D eigenvalue weighted by atomic mass is 16.4. The van der Waals surface area contributed by atoms with Crippen LogP contribution in [0.4, 0.5) is 0 Å². The third kappa shape index (κ3) is 4.25. The minimum Gasteiger partial charge on any atom is -0.481 e. The van der Waals surface area contributed by atoms with Crippen LogP contribution in [0, 0.1) is 0 Å². The summed E-state index contributed by atoms with van der Waals surface area (Å²) in [4.78, 5) is 34.7. The highest BCUT2D eigenvalue weighted by Crippen LogP contribution is 2.27. The minimum absolute atomic E-state index is 0.0389. The number of carbonyl (C=O) groups is 3. The Kier molecular flexibility index (Phi) is 5.82. The SMILES string of the molecule is CC1=C(C)C(=O)C(CC/C(C)=C\CCC(=O)O)=C(C)C1=O. The molecule has 0 amide bonds. The van der Waals surface area contributed by atoms with E-state index < -0.39 is 5.97 Å². The topological polar surface area (TPSA) is 71.4 Å². The number of hydrogen-bond donors (Lipinski definition) is 1. The molecule has 0 atom stereocenters. The molecule has 0 aromatic heterocycles. The quantitative estimate of drug-likeness (QED) is 0.601. The Hall–Kier alpha value is -1.97. The van der Waals surface area contributed by atoms with E-state index in [1.54, 1.807) is 20.8 Å². The molecule has 1 aliphatic rings. The molecule has 0 aromatic carbocycles. The van der Waals surface area contributed by atoms with E-state index in [4.69, 9.17) is 5.11 Å². The predicted octanol–water partition coefficient (Wildman–Crippen LogP) is 3.38. The molecule has 0 unspecified atom stereocenters. The predicted molar refractivity (Wildman–Crippen MR) is 80.9 cm³/mol. The van der Waals surface area contributed by atoms with Gasteiger partial charge in [0.25, 0.3) is 0 Å². The maximum atomic E-state index is 12.2. The van der Waals surface area contributed by atoms with Crippen molar-refractivity contribution in [3.05, 3.63) is 33.9 Å². The van der Waals surface area contributed by atoms with Crippen LogP contribution in [0.2, 0.25) is 0 Å². The molecule has 0 saturated carbocycles. The van der Waals surface area contributed by atoms with Crippen molar-refractivity contribution < 1.29 is 19.5 Å². The summed E-state index contributed by atoms with van der Waals surface area (Å²) >= 11 is 0. The first-order valence-electron chi connectivity index (χ1n) is 7.09. The molecule has 0 bridgehead atoms. The van der Waals surface area contributed by atoms with Gasteiger partial charge in [0.2, 0.25) is 0 Å². The number of aliphatic carboxylic acids is 1. The second-order valence-corrected chi connectivity index (χ2v) is 5.49. The van der Waals surface area contributed by atoms with Gasteiger partial charge in [0.05, 0.1) is 0 Å². The Morgan fingerprint density at radius 1 is 1.00 bits per heavy atom. The van der Waals surface area contributed by atoms with Crippen LogP contribution >= 0.6 is 0 Å². The molecule has 0 saturated heterocycles. The summed E-state index contributed by atoms with van der Waals surface area (Å²) in [5.41, 5.74) is 3.25. The van der Waals surface area contributed by atoms with Gasteiger partial charge in [-0.1, -0.05) is 11.6 Å². The van der Waals surface area contributed by atoms with Gasteiger partial charge in [-0.2, -0.15) is 0 Å². The number of carboxylic acids is 1. The Bertz CT molecular complexity index is 574. The van der Waals surface area contributed by atoms with E-state index in [2.05, 4.69) is 0 Å². The molecule has 1 rings (SSSR count). The second-order valence-electron chi connectivity index (χ2n) is 5.49. The zero-order chi connectivity index (χ0) is 16.2. The number of rotatable bonds is 6. The third-order valence-electron chi connectivity index (χ3n) is 3.93. The monoisotopic (exact) mass is 290 g/mol. The third-order valence-corrected chi connectivity index (χ3v) is 3.93. The lowest BCUT2D eigenvalue weighted by molar-refractivity contribution is -0.136. The summed E-state index contributed by atoms with van der Waals surface area (Å²) in [6.45, 7) is 7.00. The number of Topliss-reactive ketones (excluding diaryl/α,β-unsaturated/α-hetero) is 2. The molecule has 1 N–H and O–H groups in total. The van der Waals surface area contributed by atoms with Crippen LogP contribution in [0.5, 0.6) is 0 Å². The number of allylic oxidation sites excluding steroid dienone is 6. The van der Waals surface area contributed by atoms with E-state index >= 15 is 0 Å². The van der Waals surface area contributed by atoms with Gasteiger partial charge in [-0.25, -0.2) is 0 Å². The molecule has 1 aliphatic carbocycles. The fourth-order valence-electron chi connectivity index (χ4n) is 2.32. The molecular weight excluding hydrogens is 268 g/mol. The summed E-state index contributed by atoms with van der Waals surface area (Å²) in [7, 11) is 0. The van der Waals surface area contributed by atoms with Crippen LogP contribution < -0.4 is 0 Å². The molecule has 114 valence electrons. The lowest BCUT2D eigenvalue weighted by atomic mass is 9.83. The Labute approximate surface area is 125 Å². The maximum Gasteiger partial charge on any atom is 0.303 e. The van der Waals surface area contributed by atoms with Crippen molar-refractivity contribution >= 4 is 17.5 Å². The van der Waals surface area contributed by atoms with Crippen molar-refractivity contribution in [1.82, 2.24) is 0 Å².